The summed E-state index contributed by atoms with van der Waals surface area (Å²) in [5, 5.41) is 9.03. The van der Waals surface area contributed by atoms with Crippen LogP contribution in [0, 0.1) is 0 Å². The van der Waals surface area contributed by atoms with Crippen molar-refractivity contribution in [1.82, 2.24) is 0 Å². The van der Waals surface area contributed by atoms with Gasteiger partial charge in [-0.3, -0.25) is 0 Å². The molecule has 2 aromatic rings. The maximum absolute atomic E-state index is 12.5. The van der Waals surface area contributed by atoms with E-state index in [1.165, 1.54) is 6.07 Å². The van der Waals surface area contributed by atoms with E-state index in [2.05, 4.69) is 0 Å². The maximum atomic E-state index is 12.5. The van der Waals surface area contributed by atoms with Crippen LogP contribution in [0.3, 0.4) is 0 Å². The van der Waals surface area contributed by atoms with E-state index in [9.17, 15) is 13.2 Å². The predicted molar refractivity (Wildman–Crippen MR) is 62.8 cm³/mol. The summed E-state index contributed by atoms with van der Waals surface area (Å²) in [6, 6.07) is 9.60. The summed E-state index contributed by atoms with van der Waals surface area (Å²) in [5.41, 5.74) is 0.838. The number of hydrogen-bond donors (Lipinski definition) is 1. The molecular formula is C14H11F3O. The molecule has 1 N–H and O–H groups in total. The highest BCUT2D eigenvalue weighted by Crippen LogP contribution is 2.31. The summed E-state index contributed by atoms with van der Waals surface area (Å²) in [4.78, 5) is 0. The van der Waals surface area contributed by atoms with Crippen molar-refractivity contribution in [2.24, 2.45) is 0 Å². The monoisotopic (exact) mass is 253 g/mol. The lowest BCUT2D eigenvalue weighted by molar-refractivity contribution is -0.137. The minimum Gasteiger partial charge on any atom is -0.392 e. The topological polar surface area (TPSA) is 20.2 Å². The number of aliphatic hydroxyl groups is 1. The standard InChI is InChI=1S/C14H11F3O/c15-14(16,17)13-6-4-11(5-7-13)12-3-1-2-10(8-12)9-18/h1-8,18H,9H2/i4D. The third-order valence-corrected chi connectivity index (χ3v) is 2.56. The van der Waals surface area contributed by atoms with Gasteiger partial charge in [-0.2, -0.15) is 13.2 Å². The molecule has 0 heterocycles. The third kappa shape index (κ3) is 2.71. The normalized spacial score (nSPS) is 12.3. The molecule has 0 atom stereocenters. The highest BCUT2D eigenvalue weighted by atomic mass is 19.4. The van der Waals surface area contributed by atoms with Gasteiger partial charge in [0.25, 0.3) is 0 Å². The first-order chi connectivity index (χ1) is 8.91. The van der Waals surface area contributed by atoms with Crippen LogP contribution in [0.1, 0.15) is 12.5 Å². The third-order valence-electron chi connectivity index (χ3n) is 2.56. The van der Waals surface area contributed by atoms with Crippen LogP contribution in [-0.2, 0) is 12.8 Å². The van der Waals surface area contributed by atoms with Gasteiger partial charge in [-0.25, -0.2) is 0 Å². The Kier molecular flexibility index (Phi) is 3.02. The molecule has 0 spiro atoms. The van der Waals surface area contributed by atoms with Gasteiger partial charge in [0.15, 0.2) is 0 Å². The first kappa shape index (κ1) is 11.3. The fourth-order valence-corrected chi connectivity index (χ4v) is 1.62. The van der Waals surface area contributed by atoms with Gasteiger partial charge in [0.05, 0.1) is 13.5 Å². The molecule has 94 valence electrons. The Morgan fingerprint density at radius 3 is 2.44 bits per heavy atom. The Balaban J connectivity index is 2.46. The van der Waals surface area contributed by atoms with Crippen molar-refractivity contribution < 1.29 is 19.6 Å². The Labute approximate surface area is 104 Å². The minimum atomic E-state index is -4.44. The second-order valence-corrected chi connectivity index (χ2v) is 3.85. The van der Waals surface area contributed by atoms with Crippen molar-refractivity contribution in [1.29, 1.82) is 0 Å². The van der Waals surface area contributed by atoms with E-state index >= 15 is 0 Å². The summed E-state index contributed by atoms with van der Waals surface area (Å²) in [5.74, 6) is 0. The summed E-state index contributed by atoms with van der Waals surface area (Å²) in [7, 11) is 0. The predicted octanol–water partition coefficient (Wildman–Crippen LogP) is 3.86. The first-order valence-electron chi connectivity index (χ1n) is 5.80. The Morgan fingerprint density at radius 1 is 1.06 bits per heavy atom. The van der Waals surface area contributed by atoms with Crippen LogP contribution in [-0.4, -0.2) is 5.11 Å². The zero-order valence-corrected chi connectivity index (χ0v) is 9.33. The number of rotatable bonds is 2. The maximum Gasteiger partial charge on any atom is 0.416 e. The minimum absolute atomic E-state index is 0.151. The van der Waals surface area contributed by atoms with Gasteiger partial charge >= 0.3 is 6.18 Å². The van der Waals surface area contributed by atoms with Crippen molar-refractivity contribution in [3.63, 3.8) is 0 Å². The Hall–Kier alpha value is -1.81. The molecule has 0 fully saturated rings. The number of aliphatic hydroxyl groups excluding tert-OH is 1. The zero-order chi connectivity index (χ0) is 14.0. The molecule has 0 aliphatic carbocycles. The van der Waals surface area contributed by atoms with Gasteiger partial charge in [-0.05, 0) is 34.9 Å². The van der Waals surface area contributed by atoms with E-state index in [0.717, 1.165) is 12.1 Å². The quantitative estimate of drug-likeness (QED) is 0.861. The SMILES string of the molecule is [2H]c1cc(C(F)(F)F)ccc1-c1cccc(CO)c1. The molecule has 0 aromatic heterocycles. The van der Waals surface area contributed by atoms with E-state index in [0.29, 0.717) is 16.7 Å². The number of hydrogen-bond acceptors (Lipinski definition) is 1. The van der Waals surface area contributed by atoms with Gasteiger partial charge in [0.1, 0.15) is 0 Å². The fourth-order valence-electron chi connectivity index (χ4n) is 1.62. The number of alkyl halides is 3. The summed E-state index contributed by atoms with van der Waals surface area (Å²) in [6.45, 7) is -0.151. The highest BCUT2D eigenvalue weighted by Gasteiger charge is 2.29. The largest absolute Gasteiger partial charge is 0.416 e. The van der Waals surface area contributed by atoms with E-state index in [1.807, 2.05) is 0 Å². The van der Waals surface area contributed by atoms with Crippen LogP contribution in [0.25, 0.3) is 11.1 Å². The van der Waals surface area contributed by atoms with Crippen LogP contribution in [0.15, 0.2) is 48.5 Å². The summed E-state index contributed by atoms with van der Waals surface area (Å²) in [6.07, 6.45) is -4.44. The Bertz CT molecular complexity index is 593. The molecule has 18 heavy (non-hydrogen) atoms. The summed E-state index contributed by atoms with van der Waals surface area (Å²) < 4.78 is 45.2. The van der Waals surface area contributed by atoms with Gasteiger partial charge in [0, 0.05) is 0 Å². The molecule has 0 amide bonds. The molecule has 0 saturated carbocycles. The van der Waals surface area contributed by atoms with Crippen molar-refractivity contribution in [2.45, 2.75) is 12.8 Å². The average molecular weight is 253 g/mol. The van der Waals surface area contributed by atoms with Crippen molar-refractivity contribution in [3.8, 4) is 11.1 Å². The molecule has 0 unspecified atom stereocenters. The van der Waals surface area contributed by atoms with E-state index in [-0.39, 0.29) is 12.6 Å². The summed E-state index contributed by atoms with van der Waals surface area (Å²) >= 11 is 0. The Morgan fingerprint density at radius 2 is 1.83 bits per heavy atom. The van der Waals surface area contributed by atoms with Crippen LogP contribution >= 0.6 is 0 Å². The van der Waals surface area contributed by atoms with Crippen LogP contribution in [0.4, 0.5) is 13.2 Å². The fraction of sp³-hybridized carbons (Fsp3) is 0.143. The van der Waals surface area contributed by atoms with E-state index in [4.69, 9.17) is 6.48 Å². The van der Waals surface area contributed by atoms with Crippen molar-refractivity contribution in [2.75, 3.05) is 0 Å². The molecule has 2 rings (SSSR count). The number of benzene rings is 2. The van der Waals surface area contributed by atoms with E-state index < -0.39 is 11.7 Å². The number of halogens is 3. The molecular weight excluding hydrogens is 241 g/mol. The van der Waals surface area contributed by atoms with Crippen LogP contribution in [0.5, 0.6) is 0 Å². The lowest BCUT2D eigenvalue weighted by Gasteiger charge is -2.08. The van der Waals surface area contributed by atoms with Gasteiger partial charge in [-0.1, -0.05) is 30.3 Å². The van der Waals surface area contributed by atoms with Gasteiger partial charge in [0.2, 0.25) is 0 Å². The molecule has 0 aliphatic heterocycles. The molecule has 0 saturated heterocycles. The highest BCUT2D eigenvalue weighted by molar-refractivity contribution is 5.64. The zero-order valence-electron chi connectivity index (χ0n) is 10.3. The van der Waals surface area contributed by atoms with Crippen LogP contribution < -0.4 is 0 Å². The van der Waals surface area contributed by atoms with Crippen molar-refractivity contribution >= 4 is 0 Å². The lowest BCUT2D eigenvalue weighted by atomic mass is 10.0. The smallest absolute Gasteiger partial charge is 0.392 e. The van der Waals surface area contributed by atoms with E-state index in [1.54, 1.807) is 24.3 Å². The van der Waals surface area contributed by atoms with Crippen LogP contribution in [0.2, 0.25) is 0 Å². The second-order valence-electron chi connectivity index (χ2n) is 3.85. The first-order valence-corrected chi connectivity index (χ1v) is 5.30. The van der Waals surface area contributed by atoms with Gasteiger partial charge < -0.3 is 5.11 Å². The molecule has 4 heteroatoms. The molecule has 0 bridgehead atoms. The van der Waals surface area contributed by atoms with Gasteiger partial charge in [-0.15, -0.1) is 0 Å². The lowest BCUT2D eigenvalue weighted by Crippen LogP contribution is -2.03. The molecule has 1 nitrogen and oxygen atoms in total. The molecule has 2 aromatic carbocycles. The molecule has 0 aliphatic rings. The second kappa shape index (κ2) is 4.82. The average Bonchev–Trinajstić information content (AvgIpc) is 2.37. The molecule has 0 radical (unpaired) electrons. The van der Waals surface area contributed by atoms with Crippen molar-refractivity contribution in [3.05, 3.63) is 59.6 Å².